The van der Waals surface area contributed by atoms with Crippen LogP contribution in [0.4, 0.5) is 5.69 Å². The van der Waals surface area contributed by atoms with Gasteiger partial charge in [-0.05, 0) is 114 Å². The van der Waals surface area contributed by atoms with Crippen molar-refractivity contribution in [2.75, 3.05) is 26.1 Å². The van der Waals surface area contributed by atoms with Gasteiger partial charge in [0.15, 0.2) is 11.5 Å². The third kappa shape index (κ3) is 6.42. The van der Waals surface area contributed by atoms with E-state index in [1.54, 1.807) is 43.4 Å². The number of ether oxygens (including phenoxy) is 3. The maximum atomic E-state index is 16.0. The van der Waals surface area contributed by atoms with Crippen molar-refractivity contribution in [1.82, 2.24) is 9.80 Å². The SMILES string of the molecule is COc1cc2c(cc1OC)CN(C(=O)C1C3C(=O)OC(c4ccccc4)C(c4ccccc4)N3C(c3ccc(O)cc3)C13C(=O)Nc1ccc(C#CC4=CCCCC4)cc13)CC2. The quantitative estimate of drug-likeness (QED) is 0.130. The van der Waals surface area contributed by atoms with Gasteiger partial charge in [0.05, 0.1) is 32.2 Å². The average molecular weight is 826 g/mol. The number of allylic oxidation sites excluding steroid dienone is 2. The number of anilines is 1. The molecule has 6 unspecified atom stereocenters. The molecule has 312 valence electrons. The van der Waals surface area contributed by atoms with Crippen LogP contribution in [-0.2, 0) is 37.5 Å². The minimum absolute atomic E-state index is 0.0506. The number of phenolic OH excluding ortho intramolecular Hbond substituents is 1. The minimum atomic E-state index is -1.66. The molecule has 1 spiro atoms. The average Bonchev–Trinajstić information content (AvgIpc) is 3.79. The molecule has 1 aliphatic carbocycles. The maximum absolute atomic E-state index is 16.0. The third-order valence-electron chi connectivity index (χ3n) is 13.5. The third-order valence-corrected chi connectivity index (χ3v) is 13.5. The van der Waals surface area contributed by atoms with Crippen molar-refractivity contribution in [2.45, 2.75) is 68.3 Å². The summed E-state index contributed by atoms with van der Waals surface area (Å²) in [6.45, 7) is 0.583. The highest BCUT2D eigenvalue weighted by Gasteiger charge is 2.74. The number of hydrogen-bond donors (Lipinski definition) is 2. The van der Waals surface area contributed by atoms with Gasteiger partial charge in [0, 0.05) is 24.3 Å². The van der Waals surface area contributed by atoms with Crippen LogP contribution in [0.25, 0.3) is 0 Å². The molecule has 2 N–H and O–H groups in total. The first-order valence-electron chi connectivity index (χ1n) is 21.4. The summed E-state index contributed by atoms with van der Waals surface area (Å²) in [4.78, 5) is 50.8. The summed E-state index contributed by atoms with van der Waals surface area (Å²) in [5, 5.41) is 13.9. The lowest BCUT2D eigenvalue weighted by Crippen LogP contribution is -2.56. The van der Waals surface area contributed by atoms with Crippen molar-refractivity contribution in [3.63, 3.8) is 0 Å². The second-order valence-corrected chi connectivity index (χ2v) is 16.8. The Bertz CT molecular complexity index is 2670. The Balaban J connectivity index is 1.22. The number of phenols is 1. The van der Waals surface area contributed by atoms with Gasteiger partial charge < -0.3 is 29.5 Å². The lowest BCUT2D eigenvalue weighted by Gasteiger charge is -2.46. The summed E-state index contributed by atoms with van der Waals surface area (Å²) in [5.41, 5.74) is 5.51. The van der Waals surface area contributed by atoms with Crippen molar-refractivity contribution >= 4 is 23.5 Å². The van der Waals surface area contributed by atoms with E-state index < -0.39 is 47.4 Å². The number of nitrogens with zero attached hydrogens (tertiary/aromatic N) is 2. The first kappa shape index (κ1) is 39.3. The number of nitrogens with one attached hydrogen (secondary N) is 1. The molecule has 5 aromatic carbocycles. The molecule has 10 heteroatoms. The number of cyclic esters (lactones) is 1. The van der Waals surface area contributed by atoms with Crippen LogP contribution in [-0.4, -0.2) is 59.5 Å². The van der Waals surface area contributed by atoms with Gasteiger partial charge in [-0.25, -0.2) is 0 Å². The number of methoxy groups -OCH3 is 2. The molecule has 0 saturated carbocycles. The van der Waals surface area contributed by atoms with Gasteiger partial charge in [-0.15, -0.1) is 0 Å². The van der Waals surface area contributed by atoms with Gasteiger partial charge in [0.2, 0.25) is 11.8 Å². The fourth-order valence-corrected chi connectivity index (χ4v) is 10.7. The monoisotopic (exact) mass is 825 g/mol. The zero-order valence-corrected chi connectivity index (χ0v) is 34.7. The zero-order chi connectivity index (χ0) is 42.5. The van der Waals surface area contributed by atoms with Gasteiger partial charge in [0.25, 0.3) is 0 Å². The van der Waals surface area contributed by atoms with Crippen molar-refractivity contribution in [1.29, 1.82) is 0 Å². The Morgan fingerprint density at radius 2 is 1.50 bits per heavy atom. The van der Waals surface area contributed by atoms with Crippen LogP contribution in [0.15, 0.2) is 127 Å². The molecule has 2 amide bonds. The van der Waals surface area contributed by atoms with Crippen LogP contribution in [0.1, 0.15) is 82.8 Å². The van der Waals surface area contributed by atoms with E-state index in [2.05, 4.69) is 28.1 Å². The molecule has 6 atom stereocenters. The fourth-order valence-electron chi connectivity index (χ4n) is 10.7. The Kier molecular flexibility index (Phi) is 10.1. The number of morpholine rings is 1. The summed E-state index contributed by atoms with van der Waals surface area (Å²) in [7, 11) is 3.18. The highest BCUT2D eigenvalue weighted by Crippen LogP contribution is 2.65. The molecule has 0 aromatic heterocycles. The molecule has 62 heavy (non-hydrogen) atoms. The van der Waals surface area contributed by atoms with Crippen LogP contribution in [0.3, 0.4) is 0 Å². The zero-order valence-electron chi connectivity index (χ0n) is 34.7. The Hall–Kier alpha value is -6.83. The lowest BCUT2D eigenvalue weighted by molar-refractivity contribution is -0.179. The van der Waals surface area contributed by atoms with E-state index in [-0.39, 0.29) is 18.2 Å². The molecule has 2 fully saturated rings. The van der Waals surface area contributed by atoms with Crippen molar-refractivity contribution in [2.24, 2.45) is 5.92 Å². The van der Waals surface area contributed by atoms with Crippen LogP contribution in [0.5, 0.6) is 17.2 Å². The number of carbonyl (C=O) groups is 3. The maximum Gasteiger partial charge on any atom is 0.324 e. The second kappa shape index (κ2) is 15.9. The van der Waals surface area contributed by atoms with Crippen LogP contribution in [0, 0.1) is 17.8 Å². The number of rotatable bonds is 6. The van der Waals surface area contributed by atoms with E-state index in [4.69, 9.17) is 14.2 Å². The number of aromatic hydroxyl groups is 1. The highest BCUT2D eigenvalue weighted by molar-refractivity contribution is 6.12. The van der Waals surface area contributed by atoms with Gasteiger partial charge >= 0.3 is 5.97 Å². The number of fused-ring (bicyclic) bond motifs is 4. The molecule has 4 aliphatic heterocycles. The Labute approximate surface area is 361 Å². The molecule has 5 aromatic rings. The smallest absolute Gasteiger partial charge is 0.324 e. The normalized spacial score (nSPS) is 25.0. The number of amides is 2. The predicted molar refractivity (Wildman–Crippen MR) is 233 cm³/mol. The molecule has 0 radical (unpaired) electrons. The lowest BCUT2D eigenvalue weighted by atomic mass is 9.65. The summed E-state index contributed by atoms with van der Waals surface area (Å²) < 4.78 is 17.9. The Morgan fingerprint density at radius 3 is 2.19 bits per heavy atom. The molecular formula is C52H47N3O7. The van der Waals surface area contributed by atoms with E-state index in [9.17, 15) is 5.11 Å². The van der Waals surface area contributed by atoms with Crippen molar-refractivity contribution < 1.29 is 33.7 Å². The number of hydrogen-bond acceptors (Lipinski definition) is 8. The van der Waals surface area contributed by atoms with E-state index >= 15 is 14.4 Å². The largest absolute Gasteiger partial charge is 0.508 e. The number of benzene rings is 5. The molecule has 2 saturated heterocycles. The fraction of sp³-hybridized carbons (Fsp3) is 0.288. The summed E-state index contributed by atoms with van der Waals surface area (Å²) >= 11 is 0. The van der Waals surface area contributed by atoms with Crippen LogP contribution < -0.4 is 14.8 Å². The van der Waals surface area contributed by atoms with E-state index in [1.165, 1.54) is 0 Å². The topological polar surface area (TPSA) is 118 Å². The van der Waals surface area contributed by atoms with Gasteiger partial charge in [-0.3, -0.25) is 19.3 Å². The first-order valence-corrected chi connectivity index (χ1v) is 21.4. The summed E-state index contributed by atoms with van der Waals surface area (Å²) in [6.07, 6.45) is 6.09. The molecule has 4 heterocycles. The van der Waals surface area contributed by atoms with E-state index in [0.29, 0.717) is 46.8 Å². The standard InChI is InChI=1S/C52H47N3O7/c1-60-42-29-37-26-27-54(31-38(37)30-43(42)61-2)49(57)44-46-50(58)62-47(35-16-10-5-11-17-35)45(34-14-8-4-9-15-34)55(46)48(36-21-23-39(56)24-22-36)52(44)40-28-33(20-25-41(40)53-51(52)59)19-18-32-12-6-3-7-13-32/h4-5,8-12,14-17,20-25,28-30,44-48,56H,3,6-7,13,26-27,31H2,1-2H3,(H,53,59). The number of esters is 1. The second-order valence-electron chi connectivity index (χ2n) is 16.8. The molecular weight excluding hydrogens is 779 g/mol. The first-order chi connectivity index (χ1) is 30.3. The molecule has 5 aliphatic rings. The van der Waals surface area contributed by atoms with Gasteiger partial charge in [0.1, 0.15) is 23.3 Å². The van der Waals surface area contributed by atoms with Crippen molar-refractivity contribution in [3.8, 4) is 29.1 Å². The van der Waals surface area contributed by atoms with E-state index in [0.717, 1.165) is 53.5 Å². The Morgan fingerprint density at radius 1 is 0.790 bits per heavy atom. The highest BCUT2D eigenvalue weighted by atomic mass is 16.6. The predicted octanol–water partition coefficient (Wildman–Crippen LogP) is 8.12. The van der Waals surface area contributed by atoms with Crippen LogP contribution in [0.2, 0.25) is 0 Å². The molecule has 0 bridgehead atoms. The van der Waals surface area contributed by atoms with Gasteiger partial charge in [-0.1, -0.05) is 90.7 Å². The van der Waals surface area contributed by atoms with E-state index in [1.807, 2.05) is 91.0 Å². The summed E-state index contributed by atoms with van der Waals surface area (Å²) in [5.74, 6) is 5.42. The molecule has 10 rings (SSSR count). The van der Waals surface area contributed by atoms with Gasteiger partial charge in [-0.2, -0.15) is 0 Å². The van der Waals surface area contributed by atoms with Crippen molar-refractivity contribution in [3.05, 3.63) is 166 Å². The minimum Gasteiger partial charge on any atom is -0.508 e. The summed E-state index contributed by atoms with van der Waals surface area (Å²) in [6, 6.07) is 33.1. The number of carbonyl (C=O) groups excluding carboxylic acids is 3. The van der Waals surface area contributed by atoms with Crippen LogP contribution >= 0.6 is 0 Å². The molecule has 10 nitrogen and oxygen atoms in total.